The number of rotatable bonds is 3. The maximum Gasteiger partial charge on any atom is 0.410 e. The molecule has 7 nitrogen and oxygen atoms in total. The average Bonchev–Trinajstić information content (AvgIpc) is 2.54. The first kappa shape index (κ1) is 16.8. The molecule has 1 aromatic rings. The molecule has 1 aromatic carbocycles. The van der Waals surface area contributed by atoms with Gasteiger partial charge < -0.3 is 14.2 Å². The van der Waals surface area contributed by atoms with E-state index in [0.717, 1.165) is 0 Å². The lowest BCUT2D eigenvalue weighted by Crippen LogP contribution is -2.54. The van der Waals surface area contributed by atoms with E-state index >= 15 is 0 Å². The van der Waals surface area contributed by atoms with E-state index in [9.17, 15) is 14.4 Å². The average molecular weight is 321 g/mol. The Balaban J connectivity index is 2.08. The summed E-state index contributed by atoms with van der Waals surface area (Å²) < 4.78 is 15.1. The summed E-state index contributed by atoms with van der Waals surface area (Å²) in [5.74, 6) is -0.558. The van der Waals surface area contributed by atoms with Crippen LogP contribution in [0, 0.1) is 0 Å². The van der Waals surface area contributed by atoms with Crippen molar-refractivity contribution >= 4 is 18.0 Å². The zero-order valence-electron chi connectivity index (χ0n) is 13.1. The number of methoxy groups -OCH3 is 1. The number of amides is 1. The summed E-state index contributed by atoms with van der Waals surface area (Å²) in [6, 6.07) is 7.85. The van der Waals surface area contributed by atoms with Crippen molar-refractivity contribution in [2.75, 3.05) is 13.7 Å². The smallest absolute Gasteiger partial charge is 0.410 e. The highest BCUT2D eigenvalue weighted by Gasteiger charge is 2.39. The second kappa shape index (κ2) is 7.62. The Hall–Kier alpha value is -2.57. The van der Waals surface area contributed by atoms with Gasteiger partial charge in [-0.25, -0.2) is 9.59 Å². The quantitative estimate of drug-likeness (QED) is 0.623. The largest absolute Gasteiger partial charge is 0.461 e. The van der Waals surface area contributed by atoms with Crippen molar-refractivity contribution in [2.24, 2.45) is 0 Å². The first-order chi connectivity index (χ1) is 11.0. The van der Waals surface area contributed by atoms with Gasteiger partial charge in [0.15, 0.2) is 0 Å². The molecule has 0 N–H and O–H groups in total. The first-order valence-corrected chi connectivity index (χ1v) is 7.29. The molecule has 1 amide bonds. The van der Waals surface area contributed by atoms with Crippen molar-refractivity contribution in [3.8, 4) is 5.75 Å². The number of para-hydroxylation sites is 1. The highest BCUT2D eigenvalue weighted by Crippen LogP contribution is 2.23. The Morgan fingerprint density at radius 2 is 1.83 bits per heavy atom. The maximum atomic E-state index is 12.3. The monoisotopic (exact) mass is 321 g/mol. The molecule has 0 aromatic heterocycles. The van der Waals surface area contributed by atoms with E-state index in [1.807, 2.05) is 6.07 Å². The fourth-order valence-corrected chi connectivity index (χ4v) is 2.51. The molecule has 1 aliphatic rings. The minimum atomic E-state index is -0.769. The standard InChI is InChI=1S/C16H19NO6/c1-11(18)22-13-8-9-14(17(10-13)16(20)21-2)15(19)23-12-6-4-3-5-7-12/h3-7,13-14H,8-10H2,1-2H3/t13-,14+/m1/s1. The number of benzene rings is 1. The van der Waals surface area contributed by atoms with Gasteiger partial charge in [0.25, 0.3) is 0 Å². The highest BCUT2D eigenvalue weighted by atomic mass is 16.6. The number of nitrogens with zero attached hydrogens (tertiary/aromatic N) is 1. The molecular formula is C16H19NO6. The normalized spacial score (nSPS) is 20.5. The summed E-state index contributed by atoms with van der Waals surface area (Å²) in [6.45, 7) is 1.40. The van der Waals surface area contributed by atoms with Crippen LogP contribution in [0.1, 0.15) is 19.8 Å². The van der Waals surface area contributed by atoms with Gasteiger partial charge >= 0.3 is 18.0 Å². The van der Waals surface area contributed by atoms with E-state index in [1.54, 1.807) is 24.3 Å². The van der Waals surface area contributed by atoms with Gasteiger partial charge in [-0.2, -0.15) is 0 Å². The molecule has 1 aliphatic heterocycles. The Morgan fingerprint density at radius 1 is 1.13 bits per heavy atom. The van der Waals surface area contributed by atoms with Crippen LogP contribution in [0.15, 0.2) is 30.3 Å². The number of ether oxygens (including phenoxy) is 3. The number of carbonyl (C=O) groups is 3. The molecule has 0 saturated carbocycles. The Labute approximate surface area is 134 Å². The van der Waals surface area contributed by atoms with Crippen molar-refractivity contribution in [3.63, 3.8) is 0 Å². The van der Waals surface area contributed by atoms with E-state index in [1.165, 1.54) is 18.9 Å². The molecule has 2 rings (SSSR count). The zero-order chi connectivity index (χ0) is 16.8. The van der Waals surface area contributed by atoms with Crippen LogP contribution in [0.3, 0.4) is 0 Å². The summed E-state index contributed by atoms with van der Waals surface area (Å²) in [4.78, 5) is 36.6. The third-order valence-corrected chi connectivity index (χ3v) is 3.51. The molecule has 0 spiro atoms. The van der Waals surface area contributed by atoms with Gasteiger partial charge in [0, 0.05) is 6.92 Å². The van der Waals surface area contributed by atoms with Crippen LogP contribution < -0.4 is 4.74 Å². The SMILES string of the molecule is COC(=O)N1C[C@H](OC(C)=O)CC[C@H]1C(=O)Oc1ccccc1. The summed E-state index contributed by atoms with van der Waals surface area (Å²) in [7, 11) is 1.23. The van der Waals surface area contributed by atoms with Gasteiger partial charge in [0.05, 0.1) is 13.7 Å². The number of esters is 2. The van der Waals surface area contributed by atoms with Crippen molar-refractivity contribution in [3.05, 3.63) is 30.3 Å². The van der Waals surface area contributed by atoms with Crippen LogP contribution in [0.25, 0.3) is 0 Å². The topological polar surface area (TPSA) is 82.1 Å². The van der Waals surface area contributed by atoms with E-state index in [4.69, 9.17) is 14.2 Å². The summed E-state index contributed by atoms with van der Waals surface area (Å²) >= 11 is 0. The molecule has 0 radical (unpaired) electrons. The molecule has 0 bridgehead atoms. The van der Waals surface area contributed by atoms with Gasteiger partial charge in [-0.05, 0) is 25.0 Å². The molecule has 1 heterocycles. The molecule has 0 unspecified atom stereocenters. The van der Waals surface area contributed by atoms with Gasteiger partial charge in [0.2, 0.25) is 0 Å². The van der Waals surface area contributed by atoms with E-state index in [2.05, 4.69) is 0 Å². The van der Waals surface area contributed by atoms with E-state index in [0.29, 0.717) is 18.6 Å². The molecule has 23 heavy (non-hydrogen) atoms. The highest BCUT2D eigenvalue weighted by molar-refractivity contribution is 5.83. The summed E-state index contributed by atoms with van der Waals surface area (Å²) in [5.41, 5.74) is 0. The van der Waals surface area contributed by atoms with E-state index < -0.39 is 30.2 Å². The van der Waals surface area contributed by atoms with Crippen LogP contribution in [-0.2, 0) is 19.1 Å². The Bertz CT molecular complexity index is 573. The van der Waals surface area contributed by atoms with Gasteiger partial charge in [0.1, 0.15) is 17.9 Å². The summed E-state index contributed by atoms with van der Waals surface area (Å²) in [5, 5.41) is 0. The maximum absolute atomic E-state index is 12.3. The van der Waals surface area contributed by atoms with Crippen molar-refractivity contribution in [1.29, 1.82) is 0 Å². The minimum Gasteiger partial charge on any atom is -0.461 e. The Kier molecular flexibility index (Phi) is 5.56. The second-order valence-electron chi connectivity index (χ2n) is 5.18. The fraction of sp³-hybridized carbons (Fsp3) is 0.438. The lowest BCUT2D eigenvalue weighted by molar-refractivity contribution is -0.152. The minimum absolute atomic E-state index is 0.0980. The lowest BCUT2D eigenvalue weighted by atomic mass is 10.0. The van der Waals surface area contributed by atoms with Crippen molar-refractivity contribution in [2.45, 2.75) is 31.9 Å². The summed E-state index contributed by atoms with van der Waals surface area (Å²) in [6.07, 6.45) is -0.301. The molecule has 1 saturated heterocycles. The molecular weight excluding hydrogens is 302 g/mol. The van der Waals surface area contributed by atoms with Crippen molar-refractivity contribution < 1.29 is 28.6 Å². The van der Waals surface area contributed by atoms with Crippen LogP contribution >= 0.6 is 0 Å². The van der Waals surface area contributed by atoms with Crippen LogP contribution in [0.4, 0.5) is 4.79 Å². The lowest BCUT2D eigenvalue weighted by Gasteiger charge is -2.36. The number of likely N-dealkylation sites (tertiary alicyclic amines) is 1. The fourth-order valence-electron chi connectivity index (χ4n) is 2.51. The number of hydrogen-bond donors (Lipinski definition) is 0. The molecule has 7 heteroatoms. The number of carbonyl (C=O) groups excluding carboxylic acids is 3. The Morgan fingerprint density at radius 3 is 2.43 bits per heavy atom. The van der Waals surface area contributed by atoms with Crippen LogP contribution in [0.5, 0.6) is 5.75 Å². The van der Waals surface area contributed by atoms with Crippen molar-refractivity contribution in [1.82, 2.24) is 4.90 Å². The third-order valence-electron chi connectivity index (χ3n) is 3.51. The molecule has 0 aliphatic carbocycles. The van der Waals surface area contributed by atoms with Gasteiger partial charge in [-0.1, -0.05) is 18.2 Å². The van der Waals surface area contributed by atoms with E-state index in [-0.39, 0.29) is 6.54 Å². The molecule has 1 fully saturated rings. The van der Waals surface area contributed by atoms with Gasteiger partial charge in [-0.15, -0.1) is 0 Å². The predicted molar refractivity (Wildman–Crippen MR) is 79.8 cm³/mol. The first-order valence-electron chi connectivity index (χ1n) is 7.29. The molecule has 124 valence electrons. The molecule has 2 atom stereocenters. The van der Waals surface area contributed by atoms with Crippen LogP contribution in [0.2, 0.25) is 0 Å². The van der Waals surface area contributed by atoms with Gasteiger partial charge in [-0.3, -0.25) is 9.69 Å². The number of piperidine rings is 1. The third kappa shape index (κ3) is 4.45. The zero-order valence-corrected chi connectivity index (χ0v) is 13.1. The second-order valence-corrected chi connectivity index (χ2v) is 5.18. The number of hydrogen-bond acceptors (Lipinski definition) is 6. The predicted octanol–water partition coefficient (Wildman–Crippen LogP) is 1.75. The van der Waals surface area contributed by atoms with Crippen LogP contribution in [-0.4, -0.2) is 48.7 Å².